The maximum atomic E-state index is 12.1. The molecule has 0 bridgehead atoms. The Bertz CT molecular complexity index is 428. The van der Waals surface area contributed by atoms with Gasteiger partial charge in [-0.05, 0) is 47.0 Å². The molecular weight excluding hydrogens is 294 g/mol. The van der Waals surface area contributed by atoms with Gasteiger partial charge in [0.25, 0.3) is 5.91 Å². The fraction of sp³-hybridized carbons (Fsp3) is 0.500. The number of benzene rings is 1. The monoisotopic (exact) mass is 311 g/mol. The van der Waals surface area contributed by atoms with E-state index in [1.54, 1.807) is 13.2 Å². The Labute approximate surface area is 116 Å². The maximum Gasteiger partial charge on any atom is 0.251 e. The Hall–Kier alpha value is -1.03. The molecule has 1 saturated carbocycles. The zero-order chi connectivity index (χ0) is 13.0. The van der Waals surface area contributed by atoms with E-state index in [0.717, 1.165) is 17.3 Å². The number of hydrogen-bond acceptors (Lipinski definition) is 2. The van der Waals surface area contributed by atoms with Gasteiger partial charge < -0.3 is 10.1 Å². The minimum Gasteiger partial charge on any atom is -0.496 e. The topological polar surface area (TPSA) is 38.3 Å². The molecule has 3 nitrogen and oxygen atoms in total. The van der Waals surface area contributed by atoms with E-state index in [9.17, 15) is 4.79 Å². The smallest absolute Gasteiger partial charge is 0.251 e. The summed E-state index contributed by atoms with van der Waals surface area (Å²) in [6.07, 6.45) is 5.92. The molecule has 1 aromatic carbocycles. The summed E-state index contributed by atoms with van der Waals surface area (Å²) >= 11 is 3.38. The Balaban J connectivity index is 2.03. The highest BCUT2D eigenvalue weighted by Gasteiger charge is 2.17. The van der Waals surface area contributed by atoms with E-state index in [1.807, 2.05) is 12.1 Å². The summed E-state index contributed by atoms with van der Waals surface area (Å²) in [7, 11) is 1.60. The van der Waals surface area contributed by atoms with Gasteiger partial charge in [-0.3, -0.25) is 4.79 Å². The van der Waals surface area contributed by atoms with Crippen molar-refractivity contribution in [2.45, 2.75) is 38.1 Å². The molecule has 1 aromatic rings. The number of hydrogen-bond donors (Lipinski definition) is 1. The second-order valence-electron chi connectivity index (χ2n) is 4.66. The van der Waals surface area contributed by atoms with E-state index in [-0.39, 0.29) is 5.91 Å². The Kier molecular flexibility index (Phi) is 4.64. The second-order valence-corrected chi connectivity index (χ2v) is 5.51. The number of carbonyl (C=O) groups excluding carboxylic acids is 1. The molecule has 0 spiro atoms. The molecule has 1 aliphatic rings. The predicted molar refractivity (Wildman–Crippen MR) is 75.0 cm³/mol. The number of ether oxygens (including phenoxy) is 1. The molecule has 4 heteroatoms. The van der Waals surface area contributed by atoms with Gasteiger partial charge in [-0.1, -0.05) is 19.3 Å². The second kappa shape index (κ2) is 6.23. The van der Waals surface area contributed by atoms with Crippen LogP contribution in [0.25, 0.3) is 0 Å². The Morgan fingerprint density at radius 3 is 2.72 bits per heavy atom. The molecular formula is C14H18BrNO2. The number of nitrogens with one attached hydrogen (secondary N) is 1. The highest BCUT2D eigenvalue weighted by Crippen LogP contribution is 2.26. The lowest BCUT2D eigenvalue weighted by Gasteiger charge is -2.22. The van der Waals surface area contributed by atoms with Crippen molar-refractivity contribution in [1.29, 1.82) is 0 Å². The van der Waals surface area contributed by atoms with E-state index < -0.39 is 0 Å². The minimum atomic E-state index is -0.00676. The lowest BCUT2D eigenvalue weighted by Crippen LogP contribution is -2.36. The quantitative estimate of drug-likeness (QED) is 0.927. The van der Waals surface area contributed by atoms with Gasteiger partial charge in [0, 0.05) is 11.6 Å². The van der Waals surface area contributed by atoms with Crippen molar-refractivity contribution in [2.75, 3.05) is 7.11 Å². The fourth-order valence-corrected chi connectivity index (χ4v) is 2.73. The molecule has 2 rings (SSSR count). The van der Waals surface area contributed by atoms with Crippen molar-refractivity contribution in [3.63, 3.8) is 0 Å². The van der Waals surface area contributed by atoms with E-state index in [1.165, 1.54) is 19.3 Å². The molecule has 0 radical (unpaired) electrons. The van der Waals surface area contributed by atoms with Crippen LogP contribution in [0.3, 0.4) is 0 Å². The molecule has 0 unspecified atom stereocenters. The average Bonchev–Trinajstić information content (AvgIpc) is 2.40. The Morgan fingerprint density at radius 1 is 1.33 bits per heavy atom. The first kappa shape index (κ1) is 13.4. The van der Waals surface area contributed by atoms with Crippen LogP contribution < -0.4 is 10.1 Å². The molecule has 1 amide bonds. The third kappa shape index (κ3) is 3.25. The van der Waals surface area contributed by atoms with Gasteiger partial charge >= 0.3 is 0 Å². The normalized spacial score (nSPS) is 16.3. The first-order valence-corrected chi connectivity index (χ1v) is 7.14. The summed E-state index contributed by atoms with van der Waals surface area (Å²) in [6, 6.07) is 5.75. The maximum absolute atomic E-state index is 12.1. The molecule has 0 saturated heterocycles. The summed E-state index contributed by atoms with van der Waals surface area (Å²) in [5, 5.41) is 3.10. The van der Waals surface area contributed by atoms with Crippen molar-refractivity contribution in [3.05, 3.63) is 28.2 Å². The summed E-state index contributed by atoms with van der Waals surface area (Å²) < 4.78 is 6.06. The van der Waals surface area contributed by atoms with Crippen LogP contribution in [0.4, 0.5) is 0 Å². The third-order valence-corrected chi connectivity index (χ3v) is 4.01. The molecule has 0 aliphatic heterocycles. The molecule has 0 atom stereocenters. The van der Waals surface area contributed by atoms with Gasteiger partial charge in [-0.15, -0.1) is 0 Å². The first-order chi connectivity index (χ1) is 8.70. The van der Waals surface area contributed by atoms with Crippen molar-refractivity contribution in [1.82, 2.24) is 5.32 Å². The fourth-order valence-electron chi connectivity index (χ4n) is 2.32. The van der Waals surface area contributed by atoms with Crippen molar-refractivity contribution in [2.24, 2.45) is 0 Å². The van der Waals surface area contributed by atoms with E-state index in [2.05, 4.69) is 21.2 Å². The van der Waals surface area contributed by atoms with E-state index in [0.29, 0.717) is 17.4 Å². The van der Waals surface area contributed by atoms with Crippen LogP contribution in [0.15, 0.2) is 22.7 Å². The standard InChI is InChI=1S/C14H18BrNO2/c1-18-13-9-10(7-8-12(13)15)14(17)16-11-5-3-2-4-6-11/h7-9,11H,2-6H2,1H3,(H,16,17). The van der Waals surface area contributed by atoms with Crippen molar-refractivity contribution in [3.8, 4) is 5.75 Å². The summed E-state index contributed by atoms with van der Waals surface area (Å²) in [6.45, 7) is 0. The van der Waals surface area contributed by atoms with Crippen LogP contribution in [0, 0.1) is 0 Å². The minimum absolute atomic E-state index is 0.00676. The third-order valence-electron chi connectivity index (χ3n) is 3.35. The molecule has 0 aromatic heterocycles. The summed E-state index contributed by atoms with van der Waals surface area (Å²) in [4.78, 5) is 12.1. The van der Waals surface area contributed by atoms with Crippen LogP contribution in [0.1, 0.15) is 42.5 Å². The molecule has 1 N–H and O–H groups in total. The first-order valence-electron chi connectivity index (χ1n) is 6.35. The number of rotatable bonds is 3. The van der Waals surface area contributed by atoms with Gasteiger partial charge in [-0.2, -0.15) is 0 Å². The molecule has 0 heterocycles. The van der Waals surface area contributed by atoms with Crippen LogP contribution in [-0.4, -0.2) is 19.1 Å². The number of amides is 1. The van der Waals surface area contributed by atoms with Gasteiger partial charge in [0.15, 0.2) is 0 Å². The van der Waals surface area contributed by atoms with Gasteiger partial charge in [-0.25, -0.2) is 0 Å². The van der Waals surface area contributed by atoms with Crippen molar-refractivity contribution < 1.29 is 9.53 Å². The summed E-state index contributed by atoms with van der Waals surface area (Å²) in [5.74, 6) is 0.680. The lowest BCUT2D eigenvalue weighted by molar-refractivity contribution is 0.0927. The largest absolute Gasteiger partial charge is 0.496 e. The number of halogens is 1. The van der Waals surface area contributed by atoms with Crippen LogP contribution >= 0.6 is 15.9 Å². The van der Waals surface area contributed by atoms with Crippen LogP contribution in [0.2, 0.25) is 0 Å². The van der Waals surface area contributed by atoms with Gasteiger partial charge in [0.2, 0.25) is 0 Å². The predicted octanol–water partition coefficient (Wildman–Crippen LogP) is 3.52. The van der Waals surface area contributed by atoms with Gasteiger partial charge in [0.1, 0.15) is 5.75 Å². The number of methoxy groups -OCH3 is 1. The molecule has 1 aliphatic carbocycles. The van der Waals surface area contributed by atoms with E-state index in [4.69, 9.17) is 4.74 Å². The zero-order valence-corrected chi connectivity index (χ0v) is 12.1. The van der Waals surface area contributed by atoms with Crippen LogP contribution in [-0.2, 0) is 0 Å². The highest BCUT2D eigenvalue weighted by molar-refractivity contribution is 9.10. The molecule has 18 heavy (non-hydrogen) atoms. The lowest BCUT2D eigenvalue weighted by atomic mass is 9.95. The highest BCUT2D eigenvalue weighted by atomic mass is 79.9. The molecule has 98 valence electrons. The van der Waals surface area contributed by atoms with E-state index >= 15 is 0 Å². The Morgan fingerprint density at radius 2 is 2.06 bits per heavy atom. The average molecular weight is 312 g/mol. The summed E-state index contributed by atoms with van der Waals surface area (Å²) in [5.41, 5.74) is 0.653. The van der Waals surface area contributed by atoms with Gasteiger partial charge in [0.05, 0.1) is 11.6 Å². The zero-order valence-electron chi connectivity index (χ0n) is 10.5. The van der Waals surface area contributed by atoms with Crippen molar-refractivity contribution >= 4 is 21.8 Å². The van der Waals surface area contributed by atoms with Crippen LogP contribution in [0.5, 0.6) is 5.75 Å². The number of carbonyl (C=O) groups is 1. The SMILES string of the molecule is COc1cc(C(=O)NC2CCCCC2)ccc1Br. The molecule has 1 fully saturated rings.